The first-order chi connectivity index (χ1) is 17.9. The molecule has 3 atom stereocenters. The SMILES string of the molecule is Cc1ccccc1COc1ccc([C@H]2c3sc(=O)[nH]c3SC3C(=O)N(c4ccc(Cl)cc4)C(=O)C32)cc1. The first kappa shape index (κ1) is 24.0. The number of nitrogens with one attached hydrogen (secondary N) is 1. The number of anilines is 1. The number of thioether (sulfide) groups is 1. The molecule has 2 aliphatic heterocycles. The maximum atomic E-state index is 13.7. The van der Waals surface area contributed by atoms with E-state index in [9.17, 15) is 14.4 Å². The van der Waals surface area contributed by atoms with Crippen LogP contribution < -0.4 is 14.5 Å². The minimum absolute atomic E-state index is 0.199. The summed E-state index contributed by atoms with van der Waals surface area (Å²) in [7, 11) is 0. The molecule has 3 aromatic carbocycles. The molecule has 37 heavy (non-hydrogen) atoms. The van der Waals surface area contributed by atoms with E-state index in [1.54, 1.807) is 24.3 Å². The van der Waals surface area contributed by atoms with Gasteiger partial charge in [-0.1, -0.05) is 71.1 Å². The number of imide groups is 1. The van der Waals surface area contributed by atoms with Crippen molar-refractivity contribution in [3.63, 3.8) is 0 Å². The number of fused-ring (bicyclic) bond motifs is 2. The van der Waals surface area contributed by atoms with E-state index in [0.717, 1.165) is 32.9 Å². The first-order valence-electron chi connectivity index (χ1n) is 11.7. The topological polar surface area (TPSA) is 79.5 Å². The molecular weight excluding hydrogens is 528 g/mol. The molecule has 1 saturated heterocycles. The molecule has 6 nitrogen and oxygen atoms in total. The van der Waals surface area contributed by atoms with Crippen LogP contribution in [0.1, 0.15) is 27.5 Å². The third kappa shape index (κ3) is 4.29. The van der Waals surface area contributed by atoms with Crippen LogP contribution in [0.2, 0.25) is 5.02 Å². The molecule has 186 valence electrons. The van der Waals surface area contributed by atoms with Gasteiger partial charge in [0.05, 0.1) is 16.6 Å². The zero-order chi connectivity index (χ0) is 25.7. The summed E-state index contributed by atoms with van der Waals surface area (Å²) in [6, 6.07) is 22.3. The lowest BCUT2D eigenvalue weighted by Crippen LogP contribution is -2.32. The van der Waals surface area contributed by atoms with Crippen molar-refractivity contribution in [3.05, 3.63) is 109 Å². The number of aromatic amines is 1. The highest BCUT2D eigenvalue weighted by atomic mass is 35.5. The summed E-state index contributed by atoms with van der Waals surface area (Å²) in [5.41, 5.74) is 3.62. The number of thiazole rings is 1. The van der Waals surface area contributed by atoms with Crippen molar-refractivity contribution in [1.82, 2.24) is 4.98 Å². The van der Waals surface area contributed by atoms with Crippen LogP contribution in [0.4, 0.5) is 5.69 Å². The largest absolute Gasteiger partial charge is 0.489 e. The van der Waals surface area contributed by atoms with Crippen LogP contribution in [0.3, 0.4) is 0 Å². The van der Waals surface area contributed by atoms with E-state index in [4.69, 9.17) is 16.3 Å². The predicted molar refractivity (Wildman–Crippen MR) is 146 cm³/mol. The Morgan fingerprint density at radius 1 is 0.946 bits per heavy atom. The van der Waals surface area contributed by atoms with Crippen LogP contribution in [0.5, 0.6) is 5.75 Å². The Labute approximate surface area is 226 Å². The van der Waals surface area contributed by atoms with E-state index >= 15 is 0 Å². The normalized spacial score (nSPS) is 20.6. The molecule has 3 heterocycles. The molecule has 6 rings (SSSR count). The number of carbonyl (C=O) groups excluding carboxylic acids is 2. The van der Waals surface area contributed by atoms with E-state index in [1.807, 2.05) is 55.5 Å². The van der Waals surface area contributed by atoms with Gasteiger partial charge < -0.3 is 9.72 Å². The second-order valence-corrected chi connectivity index (χ2v) is 11.6. The van der Waals surface area contributed by atoms with Gasteiger partial charge in [-0.3, -0.25) is 14.4 Å². The van der Waals surface area contributed by atoms with Gasteiger partial charge in [0.15, 0.2) is 0 Å². The number of nitrogens with zero attached hydrogens (tertiary/aromatic N) is 1. The summed E-state index contributed by atoms with van der Waals surface area (Å²) in [5.74, 6) is -0.924. The van der Waals surface area contributed by atoms with Crippen LogP contribution in [-0.2, 0) is 16.2 Å². The number of aryl methyl sites for hydroxylation is 1. The summed E-state index contributed by atoms with van der Waals surface area (Å²) in [6.45, 7) is 2.50. The molecule has 0 radical (unpaired) electrons. The molecular formula is C28H21ClN2O4S2. The molecule has 0 bridgehead atoms. The molecule has 2 aliphatic rings. The first-order valence-corrected chi connectivity index (χ1v) is 13.8. The average Bonchev–Trinajstić information content (AvgIpc) is 3.39. The van der Waals surface area contributed by atoms with E-state index in [0.29, 0.717) is 28.1 Å². The second-order valence-electron chi connectivity index (χ2n) is 9.02. The number of aromatic nitrogens is 1. The Morgan fingerprint density at radius 3 is 2.41 bits per heavy atom. The molecule has 0 aliphatic carbocycles. The zero-order valence-electron chi connectivity index (χ0n) is 19.6. The summed E-state index contributed by atoms with van der Waals surface area (Å²) in [4.78, 5) is 44.2. The van der Waals surface area contributed by atoms with Gasteiger partial charge in [-0.15, -0.1) is 0 Å². The molecule has 1 fully saturated rings. The third-order valence-corrected chi connectivity index (χ3v) is 9.46. The van der Waals surface area contributed by atoms with Crippen molar-refractivity contribution < 1.29 is 14.3 Å². The van der Waals surface area contributed by atoms with Gasteiger partial charge in [0, 0.05) is 15.8 Å². The molecule has 0 spiro atoms. The number of benzene rings is 3. The van der Waals surface area contributed by atoms with Crippen LogP contribution in [0.15, 0.2) is 82.6 Å². The Bertz CT molecular complexity index is 1560. The minimum atomic E-state index is -0.636. The van der Waals surface area contributed by atoms with Gasteiger partial charge in [0.25, 0.3) is 0 Å². The van der Waals surface area contributed by atoms with Crippen molar-refractivity contribution in [1.29, 1.82) is 0 Å². The number of hydrogen-bond donors (Lipinski definition) is 1. The number of hydrogen-bond acceptors (Lipinski definition) is 6. The molecule has 1 N–H and O–H groups in total. The number of halogens is 1. The highest BCUT2D eigenvalue weighted by Crippen LogP contribution is 2.53. The van der Waals surface area contributed by atoms with Crippen molar-refractivity contribution in [2.75, 3.05) is 4.90 Å². The lowest BCUT2D eigenvalue weighted by atomic mass is 9.83. The van der Waals surface area contributed by atoms with Gasteiger partial charge in [-0.2, -0.15) is 0 Å². The van der Waals surface area contributed by atoms with E-state index in [2.05, 4.69) is 4.98 Å². The van der Waals surface area contributed by atoms with Gasteiger partial charge in [-0.05, 0) is 60.0 Å². The van der Waals surface area contributed by atoms with Gasteiger partial charge in [0.2, 0.25) is 11.8 Å². The number of rotatable bonds is 5. The van der Waals surface area contributed by atoms with Crippen molar-refractivity contribution >= 4 is 52.2 Å². The Kier molecular flexibility index (Phi) is 6.18. The number of amides is 2. The Balaban J connectivity index is 1.33. The molecule has 2 unspecified atom stereocenters. The molecule has 9 heteroatoms. The standard InChI is InChI=1S/C28H21ClN2O4S2/c1-15-4-2-3-5-17(15)14-35-20-12-6-16(7-13-20)21-22-24(36-25-23(21)37-28(34)30-25)27(33)31(26(22)32)19-10-8-18(29)9-11-19/h2-13,21-22,24H,14H2,1H3,(H,30,34)/t21-,22?,24?/m1/s1. The van der Waals surface area contributed by atoms with Crippen LogP contribution in [0.25, 0.3) is 0 Å². The van der Waals surface area contributed by atoms with E-state index < -0.39 is 17.1 Å². The number of carbonyl (C=O) groups is 2. The Hall–Kier alpha value is -3.33. The van der Waals surface area contributed by atoms with Crippen LogP contribution in [-0.4, -0.2) is 22.0 Å². The maximum Gasteiger partial charge on any atom is 0.305 e. The van der Waals surface area contributed by atoms with Crippen molar-refractivity contribution in [2.45, 2.75) is 29.7 Å². The molecule has 4 aromatic rings. The average molecular weight is 549 g/mol. The summed E-state index contributed by atoms with van der Waals surface area (Å²) in [6.07, 6.45) is 0. The molecule has 1 aromatic heterocycles. The highest BCUT2D eigenvalue weighted by Gasteiger charge is 2.56. The zero-order valence-corrected chi connectivity index (χ0v) is 22.0. The van der Waals surface area contributed by atoms with E-state index in [1.165, 1.54) is 16.7 Å². The lowest BCUT2D eigenvalue weighted by Gasteiger charge is -2.29. The number of ether oxygens (including phenoxy) is 1. The fourth-order valence-corrected chi connectivity index (χ4v) is 7.57. The summed E-state index contributed by atoms with van der Waals surface area (Å²) in [5, 5.41) is 0.542. The number of H-pyrrole nitrogens is 1. The summed E-state index contributed by atoms with van der Waals surface area (Å²) >= 11 is 8.38. The fraction of sp³-hybridized carbons (Fsp3) is 0.179. The van der Waals surface area contributed by atoms with Gasteiger partial charge in [0.1, 0.15) is 17.6 Å². The van der Waals surface area contributed by atoms with Crippen molar-refractivity contribution in [2.24, 2.45) is 5.92 Å². The summed E-state index contributed by atoms with van der Waals surface area (Å²) < 4.78 is 6.00. The van der Waals surface area contributed by atoms with Crippen molar-refractivity contribution in [3.8, 4) is 5.75 Å². The predicted octanol–water partition coefficient (Wildman–Crippen LogP) is 5.77. The minimum Gasteiger partial charge on any atom is -0.489 e. The molecule has 0 saturated carbocycles. The lowest BCUT2D eigenvalue weighted by molar-refractivity contribution is -0.122. The second kappa shape index (κ2) is 9.52. The third-order valence-electron chi connectivity index (χ3n) is 6.80. The smallest absolute Gasteiger partial charge is 0.305 e. The van der Waals surface area contributed by atoms with Gasteiger partial charge >= 0.3 is 4.87 Å². The van der Waals surface area contributed by atoms with Gasteiger partial charge in [-0.25, -0.2) is 4.90 Å². The maximum absolute atomic E-state index is 13.7. The Morgan fingerprint density at radius 2 is 1.68 bits per heavy atom. The van der Waals surface area contributed by atoms with Crippen LogP contribution >= 0.6 is 34.7 Å². The highest BCUT2D eigenvalue weighted by molar-refractivity contribution is 8.00. The van der Waals surface area contributed by atoms with E-state index in [-0.39, 0.29) is 16.7 Å². The molecule has 2 amide bonds. The fourth-order valence-electron chi connectivity index (χ4n) is 4.93. The quantitative estimate of drug-likeness (QED) is 0.320. The monoisotopic (exact) mass is 548 g/mol. The van der Waals surface area contributed by atoms with Crippen LogP contribution in [0, 0.1) is 12.8 Å².